The Kier molecular flexibility index (Phi) is 3.28. The zero-order valence-electron chi connectivity index (χ0n) is 9.79. The van der Waals surface area contributed by atoms with E-state index in [1.165, 1.54) is 6.26 Å². The number of carbonyl (C=O) groups excluding carboxylic acids is 1. The van der Waals surface area contributed by atoms with Crippen LogP contribution in [-0.4, -0.2) is 16.9 Å². The highest BCUT2D eigenvalue weighted by Gasteiger charge is 2.15. The lowest BCUT2D eigenvalue weighted by molar-refractivity contribution is -0.138. The summed E-state index contributed by atoms with van der Waals surface area (Å²) in [5.41, 5.74) is 1.14. The molecule has 1 atom stereocenters. The summed E-state index contributed by atoms with van der Waals surface area (Å²) in [6, 6.07) is 9.76. The maximum absolute atomic E-state index is 11.9. The molecule has 1 N–H and O–H groups in total. The summed E-state index contributed by atoms with van der Waals surface area (Å²) >= 11 is 0. The molecule has 0 saturated carbocycles. The number of ketones is 1. The van der Waals surface area contributed by atoms with Gasteiger partial charge in [-0.3, -0.25) is 9.59 Å². The third-order valence-corrected chi connectivity index (χ3v) is 2.79. The van der Waals surface area contributed by atoms with Gasteiger partial charge in [0.05, 0.1) is 12.2 Å². The molecule has 4 nitrogen and oxygen atoms in total. The standard InChI is InChI=1S/C14H12O4/c1-9(14(16)17)10-4-6-11(7-5-10)13(15)12-3-2-8-18-12/h2-9H,1H3,(H,16,17)/t9-/m0/s1. The largest absolute Gasteiger partial charge is 0.481 e. The van der Waals surface area contributed by atoms with Gasteiger partial charge in [0.2, 0.25) is 5.78 Å². The Bertz CT molecular complexity index is 552. The van der Waals surface area contributed by atoms with Crippen LogP contribution in [0.4, 0.5) is 0 Å². The maximum atomic E-state index is 11.9. The summed E-state index contributed by atoms with van der Waals surface area (Å²) in [6.45, 7) is 1.60. The number of carboxylic acid groups (broad SMARTS) is 1. The summed E-state index contributed by atoms with van der Waals surface area (Å²) in [4.78, 5) is 22.7. The zero-order valence-corrected chi connectivity index (χ0v) is 9.79. The van der Waals surface area contributed by atoms with E-state index in [1.54, 1.807) is 43.3 Å². The number of hydrogen-bond acceptors (Lipinski definition) is 3. The Morgan fingerprint density at radius 1 is 1.17 bits per heavy atom. The lowest BCUT2D eigenvalue weighted by Crippen LogP contribution is -2.08. The molecule has 1 aromatic carbocycles. The Hall–Kier alpha value is -2.36. The molecule has 0 spiro atoms. The van der Waals surface area contributed by atoms with E-state index in [4.69, 9.17) is 9.52 Å². The molecular formula is C14H12O4. The van der Waals surface area contributed by atoms with Crippen molar-refractivity contribution in [3.8, 4) is 0 Å². The second kappa shape index (κ2) is 4.87. The van der Waals surface area contributed by atoms with Crippen molar-refractivity contribution in [2.45, 2.75) is 12.8 Å². The zero-order chi connectivity index (χ0) is 13.1. The van der Waals surface area contributed by atoms with Gasteiger partial charge < -0.3 is 9.52 Å². The molecule has 0 fully saturated rings. The summed E-state index contributed by atoms with van der Waals surface area (Å²) < 4.78 is 5.02. The number of hydrogen-bond donors (Lipinski definition) is 1. The van der Waals surface area contributed by atoms with Gasteiger partial charge in [0.15, 0.2) is 5.76 Å². The highest BCUT2D eigenvalue weighted by molar-refractivity contribution is 6.07. The summed E-state index contributed by atoms with van der Waals surface area (Å²) in [5.74, 6) is -1.42. The van der Waals surface area contributed by atoms with E-state index in [2.05, 4.69) is 0 Å². The molecule has 0 bridgehead atoms. The van der Waals surface area contributed by atoms with Crippen molar-refractivity contribution >= 4 is 11.8 Å². The third kappa shape index (κ3) is 2.32. The van der Waals surface area contributed by atoms with Crippen molar-refractivity contribution in [3.63, 3.8) is 0 Å². The molecule has 0 aliphatic heterocycles. The van der Waals surface area contributed by atoms with Crippen LogP contribution in [0, 0.1) is 0 Å². The van der Waals surface area contributed by atoms with Gasteiger partial charge in [0, 0.05) is 5.56 Å². The van der Waals surface area contributed by atoms with Crippen LogP contribution in [0.25, 0.3) is 0 Å². The molecule has 0 amide bonds. The lowest BCUT2D eigenvalue weighted by atomic mass is 9.98. The van der Waals surface area contributed by atoms with Gasteiger partial charge in [0.1, 0.15) is 0 Å². The SMILES string of the molecule is C[C@H](C(=O)O)c1ccc(C(=O)c2ccco2)cc1. The van der Waals surface area contributed by atoms with Crippen LogP contribution >= 0.6 is 0 Å². The topological polar surface area (TPSA) is 67.5 Å². The first-order chi connectivity index (χ1) is 8.59. The molecule has 0 aliphatic rings. The van der Waals surface area contributed by atoms with Crippen molar-refractivity contribution in [1.82, 2.24) is 0 Å². The molecule has 1 heterocycles. The summed E-state index contributed by atoms with van der Waals surface area (Å²) in [7, 11) is 0. The Morgan fingerprint density at radius 3 is 2.33 bits per heavy atom. The van der Waals surface area contributed by atoms with Crippen molar-refractivity contribution in [3.05, 3.63) is 59.5 Å². The quantitative estimate of drug-likeness (QED) is 0.839. The van der Waals surface area contributed by atoms with E-state index >= 15 is 0 Å². The second-order valence-corrected chi connectivity index (χ2v) is 3.99. The van der Waals surface area contributed by atoms with Crippen LogP contribution in [0.5, 0.6) is 0 Å². The van der Waals surface area contributed by atoms with Crippen LogP contribution in [0.2, 0.25) is 0 Å². The van der Waals surface area contributed by atoms with Gasteiger partial charge in [-0.25, -0.2) is 0 Å². The van der Waals surface area contributed by atoms with Gasteiger partial charge in [-0.2, -0.15) is 0 Å². The predicted octanol–water partition coefficient (Wildman–Crippen LogP) is 2.70. The average Bonchev–Trinajstić information content (AvgIpc) is 2.91. The molecule has 2 rings (SSSR count). The predicted molar refractivity (Wildman–Crippen MR) is 64.6 cm³/mol. The minimum absolute atomic E-state index is 0.213. The molecule has 1 aromatic heterocycles. The van der Waals surface area contributed by atoms with Gasteiger partial charge in [-0.05, 0) is 24.6 Å². The van der Waals surface area contributed by atoms with E-state index in [1.807, 2.05) is 0 Å². The van der Waals surface area contributed by atoms with Crippen molar-refractivity contribution in [2.24, 2.45) is 0 Å². The Labute approximate surface area is 104 Å². The van der Waals surface area contributed by atoms with Gasteiger partial charge in [0.25, 0.3) is 0 Å². The fourth-order valence-electron chi connectivity index (χ4n) is 1.62. The molecule has 2 aromatic rings. The summed E-state index contributed by atoms with van der Waals surface area (Å²) in [5, 5.41) is 8.88. The first-order valence-corrected chi connectivity index (χ1v) is 5.50. The van der Waals surface area contributed by atoms with Gasteiger partial charge in [-0.1, -0.05) is 24.3 Å². The Morgan fingerprint density at radius 2 is 1.83 bits per heavy atom. The number of aliphatic carboxylic acids is 1. The highest BCUT2D eigenvalue weighted by Crippen LogP contribution is 2.17. The van der Waals surface area contributed by atoms with E-state index < -0.39 is 11.9 Å². The molecular weight excluding hydrogens is 232 g/mol. The number of rotatable bonds is 4. The molecule has 92 valence electrons. The van der Waals surface area contributed by atoms with Crippen molar-refractivity contribution in [2.75, 3.05) is 0 Å². The Balaban J connectivity index is 2.23. The van der Waals surface area contributed by atoms with Crippen LogP contribution in [-0.2, 0) is 4.79 Å². The molecule has 4 heteroatoms. The third-order valence-electron chi connectivity index (χ3n) is 2.79. The number of furan rings is 1. The monoisotopic (exact) mass is 244 g/mol. The molecule has 0 aliphatic carbocycles. The molecule has 18 heavy (non-hydrogen) atoms. The lowest BCUT2D eigenvalue weighted by Gasteiger charge is -2.06. The average molecular weight is 244 g/mol. The highest BCUT2D eigenvalue weighted by atomic mass is 16.4. The van der Waals surface area contributed by atoms with Crippen LogP contribution < -0.4 is 0 Å². The molecule has 0 unspecified atom stereocenters. The first-order valence-electron chi connectivity index (χ1n) is 5.50. The summed E-state index contributed by atoms with van der Waals surface area (Å²) in [6.07, 6.45) is 1.44. The van der Waals surface area contributed by atoms with E-state index in [-0.39, 0.29) is 11.5 Å². The number of carboxylic acids is 1. The smallest absolute Gasteiger partial charge is 0.310 e. The van der Waals surface area contributed by atoms with Gasteiger partial charge >= 0.3 is 5.97 Å². The van der Waals surface area contributed by atoms with Crippen LogP contribution in [0.15, 0.2) is 47.1 Å². The minimum atomic E-state index is -0.889. The number of carbonyl (C=O) groups is 2. The molecule has 0 radical (unpaired) electrons. The molecule has 0 saturated heterocycles. The maximum Gasteiger partial charge on any atom is 0.310 e. The van der Waals surface area contributed by atoms with Crippen LogP contribution in [0.1, 0.15) is 34.5 Å². The van der Waals surface area contributed by atoms with E-state index in [0.29, 0.717) is 11.1 Å². The fourth-order valence-corrected chi connectivity index (χ4v) is 1.62. The fraction of sp³-hybridized carbons (Fsp3) is 0.143. The first kappa shape index (κ1) is 12.1. The van der Waals surface area contributed by atoms with Crippen molar-refractivity contribution < 1.29 is 19.1 Å². The van der Waals surface area contributed by atoms with Crippen molar-refractivity contribution in [1.29, 1.82) is 0 Å². The second-order valence-electron chi connectivity index (χ2n) is 3.99. The number of benzene rings is 1. The minimum Gasteiger partial charge on any atom is -0.481 e. The van der Waals surface area contributed by atoms with E-state index in [0.717, 1.165) is 0 Å². The van der Waals surface area contributed by atoms with Gasteiger partial charge in [-0.15, -0.1) is 0 Å². The van der Waals surface area contributed by atoms with Crippen LogP contribution in [0.3, 0.4) is 0 Å². The normalized spacial score (nSPS) is 12.1. The van der Waals surface area contributed by atoms with E-state index in [9.17, 15) is 9.59 Å².